The summed E-state index contributed by atoms with van der Waals surface area (Å²) in [7, 11) is 1.20. The van der Waals surface area contributed by atoms with Gasteiger partial charge in [0.1, 0.15) is 5.60 Å². The molecule has 0 spiro atoms. The summed E-state index contributed by atoms with van der Waals surface area (Å²) in [5, 5.41) is 0. The molecule has 10 heteroatoms. The Hall–Kier alpha value is -2.72. The number of piperidine rings is 2. The molecule has 1 amide bonds. The number of ether oxygens (including phenoxy) is 4. The van der Waals surface area contributed by atoms with E-state index in [1.807, 2.05) is 25.7 Å². The molecule has 0 bridgehead atoms. The average Bonchev–Trinajstić information content (AvgIpc) is 2.93. The third kappa shape index (κ3) is 7.72. The summed E-state index contributed by atoms with van der Waals surface area (Å²) in [5.41, 5.74) is -0.499. The first-order chi connectivity index (χ1) is 19.1. The number of amides is 1. The lowest BCUT2D eigenvalue weighted by atomic mass is 9.93. The van der Waals surface area contributed by atoms with Crippen LogP contribution in [0.1, 0.15) is 92.9 Å². The van der Waals surface area contributed by atoms with E-state index in [1.165, 1.54) is 13.2 Å². The molecule has 40 heavy (non-hydrogen) atoms. The molecule has 0 unspecified atom stereocenters. The van der Waals surface area contributed by atoms with E-state index in [2.05, 4.69) is 4.74 Å². The number of likely N-dealkylation sites (tertiary alicyclic amines) is 1. The number of methoxy groups -OCH3 is 1. The Bertz CT molecular complexity index is 1040. The molecule has 0 N–H and O–H groups in total. The molecular formula is C30H43FN2O7. The summed E-state index contributed by atoms with van der Waals surface area (Å²) in [6.07, 6.45) is 7.84. The zero-order valence-electron chi connectivity index (χ0n) is 24.2. The van der Waals surface area contributed by atoms with Gasteiger partial charge in [0.25, 0.3) is 0 Å². The van der Waals surface area contributed by atoms with E-state index in [1.54, 1.807) is 11.0 Å². The molecule has 9 nitrogen and oxygen atoms in total. The van der Waals surface area contributed by atoms with E-state index in [0.717, 1.165) is 51.4 Å². The first kappa shape index (κ1) is 30.2. The fourth-order valence-corrected chi connectivity index (χ4v) is 5.81. The summed E-state index contributed by atoms with van der Waals surface area (Å²) >= 11 is 0. The van der Waals surface area contributed by atoms with Crippen LogP contribution in [0.15, 0.2) is 12.1 Å². The van der Waals surface area contributed by atoms with E-state index in [4.69, 9.17) is 14.2 Å². The van der Waals surface area contributed by atoms with Crippen LogP contribution in [0, 0.1) is 5.82 Å². The van der Waals surface area contributed by atoms with Crippen molar-refractivity contribution in [1.82, 2.24) is 4.90 Å². The minimum absolute atomic E-state index is 0.0668. The Morgan fingerprint density at radius 3 is 1.82 bits per heavy atom. The van der Waals surface area contributed by atoms with Gasteiger partial charge in [-0.05, 0) is 84.3 Å². The van der Waals surface area contributed by atoms with Crippen molar-refractivity contribution < 1.29 is 37.7 Å². The summed E-state index contributed by atoms with van der Waals surface area (Å²) < 4.78 is 38.0. The van der Waals surface area contributed by atoms with Crippen LogP contribution >= 0.6 is 0 Å². The van der Waals surface area contributed by atoms with Gasteiger partial charge < -0.3 is 28.7 Å². The zero-order valence-corrected chi connectivity index (χ0v) is 24.2. The Kier molecular flexibility index (Phi) is 10.1. The minimum atomic E-state index is -0.733. The average molecular weight is 563 g/mol. The Morgan fingerprint density at radius 2 is 1.35 bits per heavy atom. The standard InChI is InChI=1S/C30H43FN2O7/c1-30(2,3)40-29(36)33-17-13-23(14-18-33)39-21-7-5-20(6-8-21)38-22-11-15-32(16-12-22)26-10-9-24(28(35)37-4)25(19-34)27(26)31/h9-10,19-23H,5-8,11-18H2,1-4H3/t20-,21-. The molecule has 2 saturated heterocycles. The third-order valence-corrected chi connectivity index (χ3v) is 7.95. The molecule has 1 saturated carbocycles. The SMILES string of the molecule is COC(=O)c1ccc(N2CCC(O[C@H]3CC[C@H](OC4CCN(C(=O)OC(C)(C)C)CC4)CC3)CC2)c(F)c1C=O. The number of rotatable bonds is 7. The van der Waals surface area contributed by atoms with Crippen LogP contribution in [0.5, 0.6) is 0 Å². The van der Waals surface area contributed by atoms with Crippen molar-refractivity contribution in [2.24, 2.45) is 0 Å². The number of benzene rings is 1. The molecule has 2 aliphatic heterocycles. The van der Waals surface area contributed by atoms with Crippen molar-refractivity contribution in [1.29, 1.82) is 0 Å². The maximum absolute atomic E-state index is 15.1. The van der Waals surface area contributed by atoms with Gasteiger partial charge in [-0.1, -0.05) is 0 Å². The summed E-state index contributed by atoms with van der Waals surface area (Å²) in [5.74, 6) is -1.42. The van der Waals surface area contributed by atoms with Gasteiger partial charge in [0, 0.05) is 26.2 Å². The lowest BCUT2D eigenvalue weighted by molar-refractivity contribution is -0.0940. The summed E-state index contributed by atoms with van der Waals surface area (Å²) in [6, 6.07) is 2.99. The Balaban J connectivity index is 1.17. The number of hydrogen-bond donors (Lipinski definition) is 0. The maximum Gasteiger partial charge on any atom is 0.410 e. The number of anilines is 1. The second kappa shape index (κ2) is 13.3. The van der Waals surface area contributed by atoms with Crippen LogP contribution in [0.25, 0.3) is 0 Å². The third-order valence-electron chi connectivity index (χ3n) is 7.95. The normalized spacial score (nSPS) is 23.1. The number of halogens is 1. The second-order valence-electron chi connectivity index (χ2n) is 12.0. The first-order valence-electron chi connectivity index (χ1n) is 14.5. The zero-order chi connectivity index (χ0) is 28.9. The molecule has 1 aromatic rings. The quantitative estimate of drug-likeness (QED) is 0.333. The molecule has 0 radical (unpaired) electrons. The molecule has 2 heterocycles. The van der Waals surface area contributed by atoms with Crippen molar-refractivity contribution in [3.05, 3.63) is 29.1 Å². The lowest BCUT2D eigenvalue weighted by Crippen LogP contribution is -2.44. The van der Waals surface area contributed by atoms with Crippen molar-refractivity contribution in [2.45, 2.75) is 102 Å². The molecule has 3 fully saturated rings. The van der Waals surface area contributed by atoms with Gasteiger partial charge >= 0.3 is 12.1 Å². The van der Waals surface area contributed by atoms with Crippen LogP contribution in [0.4, 0.5) is 14.9 Å². The van der Waals surface area contributed by atoms with Gasteiger partial charge in [0.2, 0.25) is 0 Å². The molecule has 1 aliphatic carbocycles. The van der Waals surface area contributed by atoms with Crippen molar-refractivity contribution in [3.8, 4) is 0 Å². The topological polar surface area (TPSA) is 94.6 Å². The molecule has 3 aliphatic rings. The second-order valence-corrected chi connectivity index (χ2v) is 12.0. The van der Waals surface area contributed by atoms with E-state index in [9.17, 15) is 14.4 Å². The van der Waals surface area contributed by atoms with Crippen molar-refractivity contribution in [2.75, 3.05) is 38.2 Å². The van der Waals surface area contributed by atoms with Crippen molar-refractivity contribution in [3.63, 3.8) is 0 Å². The molecule has 4 rings (SSSR count). The minimum Gasteiger partial charge on any atom is -0.465 e. The fraction of sp³-hybridized carbons (Fsp3) is 0.700. The largest absolute Gasteiger partial charge is 0.465 e. The van der Waals surface area contributed by atoms with Gasteiger partial charge in [-0.3, -0.25) is 4.79 Å². The smallest absolute Gasteiger partial charge is 0.410 e. The summed E-state index contributed by atoms with van der Waals surface area (Å²) in [6.45, 7) is 8.18. The van der Waals surface area contributed by atoms with Crippen LogP contribution in [-0.2, 0) is 18.9 Å². The van der Waals surface area contributed by atoms with Crippen LogP contribution in [0.3, 0.4) is 0 Å². The highest BCUT2D eigenvalue weighted by Crippen LogP contribution is 2.31. The maximum atomic E-state index is 15.1. The van der Waals surface area contributed by atoms with E-state index >= 15 is 4.39 Å². The van der Waals surface area contributed by atoms with Gasteiger partial charge in [-0.2, -0.15) is 0 Å². The molecule has 0 atom stereocenters. The predicted molar refractivity (Wildman–Crippen MR) is 147 cm³/mol. The number of hydrogen-bond acceptors (Lipinski definition) is 8. The van der Waals surface area contributed by atoms with E-state index in [0.29, 0.717) is 38.2 Å². The highest BCUT2D eigenvalue weighted by Gasteiger charge is 2.32. The van der Waals surface area contributed by atoms with Gasteiger partial charge in [0.15, 0.2) is 12.1 Å². The predicted octanol–water partition coefficient (Wildman–Crippen LogP) is 5.14. The van der Waals surface area contributed by atoms with E-state index < -0.39 is 17.4 Å². The number of nitrogens with zero attached hydrogens (tertiary/aromatic N) is 2. The Labute approximate surface area is 236 Å². The number of carbonyl (C=O) groups is 3. The highest BCUT2D eigenvalue weighted by molar-refractivity contribution is 5.99. The molecule has 0 aromatic heterocycles. The highest BCUT2D eigenvalue weighted by atomic mass is 19.1. The number of esters is 1. The van der Waals surface area contributed by atoms with Crippen LogP contribution in [-0.4, -0.2) is 86.6 Å². The van der Waals surface area contributed by atoms with E-state index in [-0.39, 0.29) is 41.6 Å². The summed E-state index contributed by atoms with van der Waals surface area (Å²) in [4.78, 5) is 39.3. The molecular weight excluding hydrogens is 519 g/mol. The Morgan fingerprint density at radius 1 is 0.850 bits per heavy atom. The fourth-order valence-electron chi connectivity index (χ4n) is 5.81. The number of aldehydes is 1. The van der Waals surface area contributed by atoms with Crippen LogP contribution < -0.4 is 4.90 Å². The lowest BCUT2D eigenvalue weighted by Gasteiger charge is -2.38. The van der Waals surface area contributed by atoms with Crippen molar-refractivity contribution >= 4 is 24.0 Å². The molecule has 1 aromatic carbocycles. The van der Waals surface area contributed by atoms with Gasteiger partial charge in [0.05, 0.1) is 48.3 Å². The van der Waals surface area contributed by atoms with Crippen LogP contribution in [0.2, 0.25) is 0 Å². The first-order valence-corrected chi connectivity index (χ1v) is 14.5. The molecule has 222 valence electrons. The van der Waals surface area contributed by atoms with Gasteiger partial charge in [-0.25, -0.2) is 14.0 Å². The number of carbonyl (C=O) groups excluding carboxylic acids is 3. The van der Waals surface area contributed by atoms with Gasteiger partial charge in [-0.15, -0.1) is 0 Å². The monoisotopic (exact) mass is 562 g/mol.